The lowest BCUT2D eigenvalue weighted by molar-refractivity contribution is -0.144. The van der Waals surface area contributed by atoms with Gasteiger partial charge in [0.1, 0.15) is 0 Å². The van der Waals surface area contributed by atoms with Crippen LogP contribution in [-0.4, -0.2) is 18.3 Å². The number of nitrogens with two attached hydrogens (primary N) is 1. The molecule has 7 heteroatoms. The Bertz CT molecular complexity index is 491. The van der Waals surface area contributed by atoms with Crippen molar-refractivity contribution in [2.24, 2.45) is 5.92 Å². The fourth-order valence-electron chi connectivity index (χ4n) is 1.51. The molecule has 0 saturated heterocycles. The first kappa shape index (κ1) is 16.7. The molecule has 1 aromatic carbocycles. The van der Waals surface area contributed by atoms with Gasteiger partial charge in [-0.1, -0.05) is 13.8 Å². The third kappa shape index (κ3) is 4.06. The molecule has 0 amide bonds. The largest absolute Gasteiger partial charge is 0.469 e. The number of thioether (sulfide) groups is 1. The van der Waals surface area contributed by atoms with Crippen molar-refractivity contribution in [1.82, 2.24) is 0 Å². The van der Waals surface area contributed by atoms with Gasteiger partial charge in [0.05, 0.1) is 18.6 Å². The van der Waals surface area contributed by atoms with E-state index in [1.807, 2.05) is 0 Å². The number of rotatable bonds is 4. The van der Waals surface area contributed by atoms with E-state index in [4.69, 9.17) is 5.73 Å². The minimum Gasteiger partial charge on any atom is -0.469 e. The van der Waals surface area contributed by atoms with Crippen molar-refractivity contribution < 1.29 is 22.7 Å². The molecule has 0 bridgehead atoms. The third-order valence-electron chi connectivity index (χ3n) is 2.93. The second kappa shape index (κ2) is 6.39. The predicted molar refractivity (Wildman–Crippen MR) is 72.4 cm³/mol. The van der Waals surface area contributed by atoms with Crippen molar-refractivity contribution in [2.75, 3.05) is 12.8 Å². The molecule has 0 spiro atoms. The van der Waals surface area contributed by atoms with E-state index in [1.54, 1.807) is 13.8 Å². The minimum absolute atomic E-state index is 0.0498. The fourth-order valence-corrected chi connectivity index (χ4v) is 2.57. The first-order valence-corrected chi connectivity index (χ1v) is 6.76. The van der Waals surface area contributed by atoms with Gasteiger partial charge in [0, 0.05) is 15.8 Å². The molecule has 0 radical (unpaired) electrons. The molecule has 3 nitrogen and oxygen atoms in total. The average Bonchev–Trinajstić information content (AvgIpc) is 2.37. The Morgan fingerprint density at radius 1 is 1.35 bits per heavy atom. The standard InChI is InChI=1S/C13H16F3NO2S/c1-7(12(18)19-3)8(2)20-11-5-4-9(6-10(11)17)13(14,15)16/h4-8H,17H2,1-3H3. The molecule has 2 unspecified atom stereocenters. The number of benzene rings is 1. The van der Waals surface area contributed by atoms with E-state index in [0.717, 1.165) is 12.1 Å². The number of carbonyl (C=O) groups excluding carboxylic acids is 1. The van der Waals surface area contributed by atoms with Crippen LogP contribution in [0, 0.1) is 5.92 Å². The van der Waals surface area contributed by atoms with Gasteiger partial charge in [0.25, 0.3) is 0 Å². The number of anilines is 1. The molecular formula is C13H16F3NO2S. The van der Waals surface area contributed by atoms with E-state index in [2.05, 4.69) is 4.74 Å². The maximum absolute atomic E-state index is 12.5. The highest BCUT2D eigenvalue weighted by Gasteiger charge is 2.31. The van der Waals surface area contributed by atoms with Crippen molar-refractivity contribution in [3.05, 3.63) is 23.8 Å². The Labute approximate surface area is 119 Å². The fraction of sp³-hybridized carbons (Fsp3) is 0.462. The Morgan fingerprint density at radius 2 is 1.95 bits per heavy atom. The summed E-state index contributed by atoms with van der Waals surface area (Å²) in [7, 11) is 1.29. The van der Waals surface area contributed by atoms with Crippen molar-refractivity contribution in [3.63, 3.8) is 0 Å². The van der Waals surface area contributed by atoms with Crippen LogP contribution in [0.15, 0.2) is 23.1 Å². The van der Waals surface area contributed by atoms with E-state index in [1.165, 1.54) is 24.9 Å². The molecule has 0 aliphatic rings. The van der Waals surface area contributed by atoms with Crippen LogP contribution >= 0.6 is 11.8 Å². The van der Waals surface area contributed by atoms with Crippen LogP contribution in [0.2, 0.25) is 0 Å². The third-order valence-corrected chi connectivity index (χ3v) is 4.33. The van der Waals surface area contributed by atoms with Gasteiger partial charge in [-0.25, -0.2) is 0 Å². The molecule has 0 heterocycles. The number of ether oxygens (including phenoxy) is 1. The summed E-state index contributed by atoms with van der Waals surface area (Å²) in [5, 5.41) is -0.165. The van der Waals surface area contributed by atoms with Gasteiger partial charge in [-0.2, -0.15) is 13.2 Å². The molecule has 2 atom stereocenters. The lowest BCUT2D eigenvalue weighted by Gasteiger charge is -2.18. The molecule has 2 N–H and O–H groups in total. The van der Waals surface area contributed by atoms with Crippen LogP contribution in [0.3, 0.4) is 0 Å². The number of hydrogen-bond donors (Lipinski definition) is 1. The van der Waals surface area contributed by atoms with Crippen LogP contribution in [-0.2, 0) is 15.7 Å². The average molecular weight is 307 g/mol. The van der Waals surface area contributed by atoms with E-state index in [9.17, 15) is 18.0 Å². The summed E-state index contributed by atoms with van der Waals surface area (Å²) in [4.78, 5) is 11.9. The van der Waals surface area contributed by atoms with Crippen LogP contribution in [0.5, 0.6) is 0 Å². The zero-order chi connectivity index (χ0) is 15.5. The minimum atomic E-state index is -4.41. The zero-order valence-electron chi connectivity index (χ0n) is 11.3. The van der Waals surface area contributed by atoms with Crippen LogP contribution in [0.25, 0.3) is 0 Å². The molecule has 0 aromatic heterocycles. The maximum Gasteiger partial charge on any atom is 0.416 e. The molecule has 0 saturated carbocycles. The normalized spacial score (nSPS) is 14.7. The zero-order valence-corrected chi connectivity index (χ0v) is 12.1. The van der Waals surface area contributed by atoms with Gasteiger partial charge in [-0.05, 0) is 18.2 Å². The summed E-state index contributed by atoms with van der Waals surface area (Å²) in [6, 6.07) is 3.20. The highest BCUT2D eigenvalue weighted by molar-refractivity contribution is 8.00. The summed E-state index contributed by atoms with van der Waals surface area (Å²) in [6.45, 7) is 3.49. The van der Waals surface area contributed by atoms with Crippen LogP contribution < -0.4 is 5.73 Å². The maximum atomic E-state index is 12.5. The number of nitrogen functional groups attached to an aromatic ring is 1. The van der Waals surface area contributed by atoms with E-state index < -0.39 is 11.7 Å². The molecule has 0 fully saturated rings. The number of halogens is 3. The molecule has 112 valence electrons. The molecule has 0 aliphatic heterocycles. The number of carbonyl (C=O) groups is 1. The molecule has 1 aromatic rings. The van der Waals surface area contributed by atoms with Crippen LogP contribution in [0.4, 0.5) is 18.9 Å². The molecular weight excluding hydrogens is 291 g/mol. The monoisotopic (exact) mass is 307 g/mol. The number of alkyl halides is 3. The lowest BCUT2D eigenvalue weighted by atomic mass is 10.1. The quantitative estimate of drug-likeness (QED) is 0.525. The number of methoxy groups -OCH3 is 1. The van der Waals surface area contributed by atoms with Crippen molar-refractivity contribution in [2.45, 2.75) is 30.2 Å². The lowest BCUT2D eigenvalue weighted by Crippen LogP contribution is -2.22. The smallest absolute Gasteiger partial charge is 0.416 e. The van der Waals surface area contributed by atoms with Crippen molar-refractivity contribution in [3.8, 4) is 0 Å². The van der Waals surface area contributed by atoms with E-state index >= 15 is 0 Å². The van der Waals surface area contributed by atoms with Gasteiger partial charge in [-0.15, -0.1) is 11.8 Å². The summed E-state index contributed by atoms with van der Waals surface area (Å²) in [5.74, 6) is -0.748. The molecule has 0 aliphatic carbocycles. The first-order chi connectivity index (χ1) is 9.16. The van der Waals surface area contributed by atoms with Crippen molar-refractivity contribution in [1.29, 1.82) is 0 Å². The SMILES string of the molecule is COC(=O)C(C)C(C)Sc1ccc(C(F)(F)F)cc1N. The van der Waals surface area contributed by atoms with Crippen molar-refractivity contribution >= 4 is 23.4 Å². The van der Waals surface area contributed by atoms with E-state index in [0.29, 0.717) is 4.90 Å². The highest BCUT2D eigenvalue weighted by atomic mass is 32.2. The van der Waals surface area contributed by atoms with Gasteiger partial charge < -0.3 is 10.5 Å². The predicted octanol–water partition coefficient (Wildman–Crippen LogP) is 3.58. The van der Waals surface area contributed by atoms with Gasteiger partial charge >= 0.3 is 12.1 Å². The Balaban J connectivity index is 2.86. The van der Waals surface area contributed by atoms with Crippen LogP contribution in [0.1, 0.15) is 19.4 Å². The Morgan fingerprint density at radius 3 is 2.40 bits per heavy atom. The second-order valence-electron chi connectivity index (χ2n) is 4.39. The number of hydrogen-bond acceptors (Lipinski definition) is 4. The van der Waals surface area contributed by atoms with Gasteiger partial charge in [0.15, 0.2) is 0 Å². The summed E-state index contributed by atoms with van der Waals surface area (Å²) in [5.41, 5.74) is 4.90. The molecule has 20 heavy (non-hydrogen) atoms. The van der Waals surface area contributed by atoms with Gasteiger partial charge in [-0.3, -0.25) is 4.79 Å². The topological polar surface area (TPSA) is 52.3 Å². The van der Waals surface area contributed by atoms with E-state index in [-0.39, 0.29) is 22.8 Å². The Hall–Kier alpha value is -1.37. The highest BCUT2D eigenvalue weighted by Crippen LogP contribution is 2.37. The number of esters is 1. The summed E-state index contributed by atoms with van der Waals surface area (Å²) >= 11 is 1.25. The Kier molecular flexibility index (Phi) is 5.33. The molecule has 1 rings (SSSR count). The summed E-state index contributed by atoms with van der Waals surface area (Å²) in [6.07, 6.45) is -4.41. The van der Waals surface area contributed by atoms with Gasteiger partial charge in [0.2, 0.25) is 0 Å². The first-order valence-electron chi connectivity index (χ1n) is 5.88. The summed E-state index contributed by atoms with van der Waals surface area (Å²) < 4.78 is 42.2. The second-order valence-corrected chi connectivity index (χ2v) is 5.80.